The minimum absolute atomic E-state index is 0.286. The number of hydrogen-bond acceptors (Lipinski definition) is 2. The molecule has 0 radical (unpaired) electrons. The number of fused-ring (bicyclic) bond motifs is 5. The first-order valence-electron chi connectivity index (χ1n) is 6.18. The first-order valence-corrected chi connectivity index (χ1v) is 7.44. The van der Waals surface area contributed by atoms with Crippen molar-refractivity contribution in [3.63, 3.8) is 0 Å². The molecular weight excluding hydrogens is 240 g/mol. The van der Waals surface area contributed by atoms with Crippen LogP contribution in [0.25, 0.3) is 0 Å². The summed E-state index contributed by atoms with van der Waals surface area (Å²) in [7, 11) is 0. The van der Waals surface area contributed by atoms with Crippen LogP contribution in [0.3, 0.4) is 0 Å². The van der Waals surface area contributed by atoms with Crippen LogP contribution >= 0.6 is 22.9 Å². The summed E-state index contributed by atoms with van der Waals surface area (Å²) in [4.78, 5) is 1.00. The van der Waals surface area contributed by atoms with Gasteiger partial charge < -0.3 is 5.11 Å². The van der Waals surface area contributed by atoms with Gasteiger partial charge in [0.1, 0.15) is 0 Å². The van der Waals surface area contributed by atoms with Crippen LogP contribution in [0.15, 0.2) is 11.4 Å². The zero-order chi connectivity index (χ0) is 10.9. The minimum atomic E-state index is -0.286. The molecule has 3 aliphatic rings. The number of thiophene rings is 1. The topological polar surface area (TPSA) is 20.2 Å². The Labute approximate surface area is 104 Å². The van der Waals surface area contributed by atoms with Crippen LogP contribution in [-0.4, -0.2) is 5.11 Å². The Kier molecular flexibility index (Phi) is 2.01. The minimum Gasteiger partial charge on any atom is -0.387 e. The molecule has 86 valence electrons. The van der Waals surface area contributed by atoms with Crippen molar-refractivity contribution in [1.29, 1.82) is 0 Å². The molecule has 3 heteroatoms. The van der Waals surface area contributed by atoms with Gasteiger partial charge in [-0.15, -0.1) is 11.3 Å². The molecule has 2 bridgehead atoms. The summed E-state index contributed by atoms with van der Waals surface area (Å²) < 4.78 is 0. The monoisotopic (exact) mass is 254 g/mol. The molecule has 16 heavy (non-hydrogen) atoms. The summed E-state index contributed by atoms with van der Waals surface area (Å²) in [5.41, 5.74) is 0. The van der Waals surface area contributed by atoms with E-state index in [0.717, 1.165) is 33.6 Å². The highest BCUT2D eigenvalue weighted by Gasteiger charge is 2.67. The molecule has 4 rings (SSSR count). The van der Waals surface area contributed by atoms with Crippen molar-refractivity contribution >= 4 is 22.9 Å². The number of aliphatic hydroxyl groups is 1. The van der Waals surface area contributed by atoms with Gasteiger partial charge in [-0.2, -0.15) is 0 Å². The van der Waals surface area contributed by atoms with E-state index in [1.165, 1.54) is 19.3 Å². The molecule has 5 atom stereocenters. The van der Waals surface area contributed by atoms with Crippen molar-refractivity contribution < 1.29 is 5.11 Å². The van der Waals surface area contributed by atoms with Gasteiger partial charge >= 0.3 is 0 Å². The lowest BCUT2D eigenvalue weighted by Crippen LogP contribution is -2.07. The first kappa shape index (κ1) is 9.93. The highest BCUT2D eigenvalue weighted by Crippen LogP contribution is 2.72. The van der Waals surface area contributed by atoms with Crippen molar-refractivity contribution in [2.45, 2.75) is 25.4 Å². The summed E-state index contributed by atoms with van der Waals surface area (Å²) in [6, 6.07) is 1.90. The van der Waals surface area contributed by atoms with Crippen LogP contribution in [0.4, 0.5) is 0 Å². The predicted octanol–water partition coefficient (Wildman–Crippen LogP) is 3.73. The van der Waals surface area contributed by atoms with Crippen LogP contribution in [0.1, 0.15) is 30.2 Å². The van der Waals surface area contributed by atoms with Crippen LogP contribution < -0.4 is 0 Å². The van der Waals surface area contributed by atoms with Crippen LogP contribution in [0.5, 0.6) is 0 Å². The molecule has 3 aliphatic carbocycles. The molecule has 3 fully saturated rings. The van der Waals surface area contributed by atoms with Gasteiger partial charge in [-0.25, -0.2) is 0 Å². The second-order valence-electron chi connectivity index (χ2n) is 5.64. The number of hydrogen-bond donors (Lipinski definition) is 1. The second kappa shape index (κ2) is 3.24. The van der Waals surface area contributed by atoms with Crippen LogP contribution in [-0.2, 0) is 0 Å². The summed E-state index contributed by atoms with van der Waals surface area (Å²) in [6.45, 7) is 0. The quantitative estimate of drug-likeness (QED) is 0.853. The predicted molar refractivity (Wildman–Crippen MR) is 65.6 cm³/mol. The van der Waals surface area contributed by atoms with Gasteiger partial charge in [-0.3, -0.25) is 0 Å². The van der Waals surface area contributed by atoms with E-state index in [0.29, 0.717) is 5.92 Å². The van der Waals surface area contributed by atoms with Gasteiger partial charge in [0.25, 0.3) is 0 Å². The van der Waals surface area contributed by atoms with E-state index in [1.54, 1.807) is 11.3 Å². The number of rotatable bonds is 2. The van der Waals surface area contributed by atoms with E-state index >= 15 is 0 Å². The molecule has 1 aromatic rings. The molecular formula is C13H15ClOS. The maximum absolute atomic E-state index is 10.4. The van der Waals surface area contributed by atoms with Crippen LogP contribution in [0, 0.1) is 29.6 Å². The van der Waals surface area contributed by atoms with Crippen molar-refractivity contribution in [1.82, 2.24) is 0 Å². The van der Waals surface area contributed by atoms with Gasteiger partial charge in [0.2, 0.25) is 0 Å². The largest absolute Gasteiger partial charge is 0.387 e. The molecule has 1 N–H and O–H groups in total. The number of halogens is 1. The molecule has 0 aromatic carbocycles. The van der Waals surface area contributed by atoms with Crippen molar-refractivity contribution in [3.8, 4) is 0 Å². The maximum atomic E-state index is 10.4. The van der Waals surface area contributed by atoms with Crippen molar-refractivity contribution in [2.75, 3.05) is 0 Å². The Morgan fingerprint density at radius 3 is 2.56 bits per heavy atom. The Bertz CT molecular complexity index is 413. The third kappa shape index (κ3) is 1.16. The fourth-order valence-electron chi connectivity index (χ4n) is 4.51. The second-order valence-corrected chi connectivity index (χ2v) is 7.00. The average molecular weight is 255 g/mol. The van der Waals surface area contributed by atoms with Crippen molar-refractivity contribution in [3.05, 3.63) is 21.3 Å². The standard InChI is InChI=1S/C13H15ClOS/c14-8-3-4-16-13(8)12(15)11-9-6-1-2-7(5-6)10(9)11/h3-4,6-7,9-12,15H,1-2,5H2. The van der Waals surface area contributed by atoms with Crippen LogP contribution in [0.2, 0.25) is 5.02 Å². The molecule has 1 nitrogen and oxygen atoms in total. The molecule has 0 amide bonds. The average Bonchev–Trinajstić information content (AvgIpc) is 2.67. The molecule has 5 unspecified atom stereocenters. The van der Waals surface area contributed by atoms with Gasteiger partial charge in [0, 0.05) is 0 Å². The van der Waals surface area contributed by atoms with Gasteiger partial charge in [-0.05, 0) is 60.3 Å². The molecule has 0 spiro atoms. The molecule has 0 aliphatic heterocycles. The fourth-order valence-corrected chi connectivity index (χ4v) is 5.72. The third-order valence-corrected chi connectivity index (χ3v) is 6.50. The Morgan fingerprint density at radius 2 is 2.00 bits per heavy atom. The normalized spacial score (nSPS) is 45.8. The summed E-state index contributed by atoms with van der Waals surface area (Å²) in [6.07, 6.45) is 3.97. The zero-order valence-corrected chi connectivity index (χ0v) is 10.5. The molecule has 1 aromatic heterocycles. The number of aliphatic hydroxyl groups excluding tert-OH is 1. The zero-order valence-electron chi connectivity index (χ0n) is 8.97. The third-order valence-electron chi connectivity index (χ3n) is 5.07. The van der Waals surface area contributed by atoms with E-state index in [2.05, 4.69) is 0 Å². The first-order chi connectivity index (χ1) is 7.77. The lowest BCUT2D eigenvalue weighted by Gasteiger charge is -2.14. The van der Waals surface area contributed by atoms with E-state index in [-0.39, 0.29) is 6.10 Å². The Balaban J connectivity index is 1.59. The Morgan fingerprint density at radius 1 is 1.31 bits per heavy atom. The maximum Gasteiger partial charge on any atom is 0.0930 e. The van der Waals surface area contributed by atoms with Gasteiger partial charge in [0.05, 0.1) is 16.0 Å². The Hall–Kier alpha value is -0.0500. The van der Waals surface area contributed by atoms with Gasteiger partial charge in [-0.1, -0.05) is 11.6 Å². The lowest BCUT2D eigenvalue weighted by atomic mass is 9.98. The van der Waals surface area contributed by atoms with E-state index in [9.17, 15) is 5.11 Å². The summed E-state index contributed by atoms with van der Waals surface area (Å²) >= 11 is 7.71. The molecule has 3 saturated carbocycles. The lowest BCUT2D eigenvalue weighted by molar-refractivity contribution is 0.133. The smallest absolute Gasteiger partial charge is 0.0930 e. The summed E-state index contributed by atoms with van der Waals surface area (Å²) in [5, 5.41) is 13.2. The highest BCUT2D eigenvalue weighted by atomic mass is 35.5. The molecule has 0 saturated heterocycles. The van der Waals surface area contributed by atoms with Gasteiger partial charge in [0.15, 0.2) is 0 Å². The van der Waals surface area contributed by atoms with E-state index in [1.807, 2.05) is 11.4 Å². The SMILES string of the molecule is OC(c1sccc1Cl)C1C2C3CCC(C3)C21. The van der Waals surface area contributed by atoms with Crippen molar-refractivity contribution in [2.24, 2.45) is 29.6 Å². The van der Waals surface area contributed by atoms with E-state index < -0.39 is 0 Å². The highest BCUT2D eigenvalue weighted by molar-refractivity contribution is 7.10. The summed E-state index contributed by atoms with van der Waals surface area (Å²) in [5.74, 6) is 4.03. The fraction of sp³-hybridized carbons (Fsp3) is 0.692. The van der Waals surface area contributed by atoms with E-state index in [4.69, 9.17) is 11.6 Å². The molecule has 1 heterocycles.